The number of benzene rings is 1. The van der Waals surface area contributed by atoms with E-state index >= 15 is 0 Å². The van der Waals surface area contributed by atoms with Crippen molar-refractivity contribution in [3.63, 3.8) is 0 Å². The number of aromatic nitrogens is 3. The maximum atomic E-state index is 12.5. The van der Waals surface area contributed by atoms with E-state index < -0.39 is 17.9 Å². The van der Waals surface area contributed by atoms with E-state index in [2.05, 4.69) is 15.5 Å². The molecule has 2 aromatic rings. The molecule has 9 nitrogen and oxygen atoms in total. The first kappa shape index (κ1) is 21.4. The minimum Gasteiger partial charge on any atom is -0.491 e. The van der Waals surface area contributed by atoms with Crippen molar-refractivity contribution in [1.29, 1.82) is 0 Å². The monoisotopic (exact) mass is 390 g/mol. The summed E-state index contributed by atoms with van der Waals surface area (Å²) in [6.45, 7) is 6.38. The van der Waals surface area contributed by atoms with Gasteiger partial charge in [0.1, 0.15) is 18.4 Å². The molecular weight excluding hydrogens is 364 g/mol. The number of amides is 1. The van der Waals surface area contributed by atoms with Crippen molar-refractivity contribution in [2.45, 2.75) is 33.2 Å². The Kier molecular flexibility index (Phi) is 7.51. The van der Waals surface area contributed by atoms with Gasteiger partial charge in [0.05, 0.1) is 18.0 Å². The Morgan fingerprint density at radius 3 is 2.43 bits per heavy atom. The zero-order valence-electron chi connectivity index (χ0n) is 16.5. The van der Waals surface area contributed by atoms with Gasteiger partial charge in [-0.05, 0) is 43.5 Å². The molecule has 0 radical (unpaired) electrons. The van der Waals surface area contributed by atoms with Crippen molar-refractivity contribution in [1.82, 2.24) is 20.3 Å². The van der Waals surface area contributed by atoms with E-state index in [1.54, 1.807) is 38.3 Å². The smallest absolute Gasteiger partial charge is 0.326 e. The van der Waals surface area contributed by atoms with Crippen LogP contribution in [0, 0.1) is 12.8 Å². The summed E-state index contributed by atoms with van der Waals surface area (Å²) in [7, 11) is 1.60. The average molecular weight is 390 g/mol. The molecule has 0 saturated carbocycles. The number of carbonyl (C=O) groups excluding carboxylic acids is 1. The number of hydrogen-bond donors (Lipinski definition) is 2. The molecule has 28 heavy (non-hydrogen) atoms. The Morgan fingerprint density at radius 2 is 1.86 bits per heavy atom. The Morgan fingerprint density at radius 1 is 1.18 bits per heavy atom. The predicted octanol–water partition coefficient (Wildman–Crippen LogP) is 1.83. The van der Waals surface area contributed by atoms with Gasteiger partial charge < -0.3 is 19.9 Å². The molecule has 0 bridgehead atoms. The zero-order chi connectivity index (χ0) is 20.7. The highest BCUT2D eigenvalue weighted by Gasteiger charge is 2.24. The third-order valence-electron chi connectivity index (χ3n) is 3.93. The van der Waals surface area contributed by atoms with Crippen LogP contribution in [0.3, 0.4) is 0 Å². The molecule has 1 heterocycles. The zero-order valence-corrected chi connectivity index (χ0v) is 16.5. The second-order valence-corrected chi connectivity index (χ2v) is 6.75. The van der Waals surface area contributed by atoms with Crippen LogP contribution in [0.4, 0.5) is 0 Å². The summed E-state index contributed by atoms with van der Waals surface area (Å²) < 4.78 is 10.4. The topological polar surface area (TPSA) is 116 Å². The molecular formula is C19H26N4O5. The normalized spacial score (nSPS) is 12.0. The third kappa shape index (κ3) is 5.78. The molecule has 152 valence electrons. The highest BCUT2D eigenvalue weighted by atomic mass is 16.5. The number of aliphatic carboxylic acids is 1. The van der Waals surface area contributed by atoms with Gasteiger partial charge in [0.15, 0.2) is 5.69 Å². The van der Waals surface area contributed by atoms with E-state index in [0.29, 0.717) is 36.8 Å². The summed E-state index contributed by atoms with van der Waals surface area (Å²) in [4.78, 5) is 25.2. The summed E-state index contributed by atoms with van der Waals surface area (Å²) >= 11 is 0. The van der Waals surface area contributed by atoms with E-state index in [0.717, 1.165) is 0 Å². The molecule has 1 atom stereocenters. The van der Waals surface area contributed by atoms with E-state index in [1.165, 1.54) is 4.80 Å². The number of carbonyl (C=O) groups is 2. The lowest BCUT2D eigenvalue weighted by Crippen LogP contribution is -2.42. The van der Waals surface area contributed by atoms with Crippen molar-refractivity contribution >= 4 is 11.9 Å². The average Bonchev–Trinajstić information content (AvgIpc) is 3.03. The number of nitrogens with zero attached hydrogens (tertiary/aromatic N) is 3. The lowest BCUT2D eigenvalue weighted by atomic mass is 10.0. The van der Waals surface area contributed by atoms with Gasteiger partial charge in [-0.25, -0.2) is 4.79 Å². The van der Waals surface area contributed by atoms with Crippen LogP contribution in [0.25, 0.3) is 5.69 Å². The molecule has 0 unspecified atom stereocenters. The molecule has 0 aliphatic rings. The molecule has 1 amide bonds. The van der Waals surface area contributed by atoms with Gasteiger partial charge in [0.25, 0.3) is 5.91 Å². The lowest BCUT2D eigenvalue weighted by molar-refractivity contribution is -0.139. The Hall–Kier alpha value is -2.94. The SMILES string of the molecule is COCCOc1ccc(-n2nc(C)c(C(=O)N[C@@H](CC(C)C)C(=O)O)n2)cc1. The quantitative estimate of drug-likeness (QED) is 0.595. The molecule has 2 N–H and O–H groups in total. The standard InChI is InChI=1S/C19H26N4O5/c1-12(2)11-16(19(25)26)20-18(24)17-13(3)21-23(22-17)14-5-7-15(8-6-14)28-10-9-27-4/h5-8,12,16H,9-11H2,1-4H3,(H,20,24)(H,25,26)/t16-/m0/s1. The fourth-order valence-electron chi connectivity index (χ4n) is 2.54. The summed E-state index contributed by atoms with van der Waals surface area (Å²) in [6, 6.07) is 6.10. The molecule has 1 aromatic carbocycles. The second-order valence-electron chi connectivity index (χ2n) is 6.75. The van der Waals surface area contributed by atoms with Gasteiger partial charge in [-0.1, -0.05) is 13.8 Å². The van der Waals surface area contributed by atoms with E-state index in [-0.39, 0.29) is 11.6 Å². The van der Waals surface area contributed by atoms with Crippen molar-refractivity contribution < 1.29 is 24.2 Å². The third-order valence-corrected chi connectivity index (χ3v) is 3.93. The van der Waals surface area contributed by atoms with Gasteiger partial charge >= 0.3 is 5.97 Å². The Bertz CT molecular complexity index is 801. The first-order chi connectivity index (χ1) is 13.3. The molecule has 9 heteroatoms. The fourth-order valence-corrected chi connectivity index (χ4v) is 2.54. The van der Waals surface area contributed by atoms with E-state index in [1.807, 2.05) is 13.8 Å². The predicted molar refractivity (Wildman–Crippen MR) is 102 cm³/mol. The Balaban J connectivity index is 2.11. The first-order valence-corrected chi connectivity index (χ1v) is 9.01. The number of carboxylic acid groups (broad SMARTS) is 1. The number of methoxy groups -OCH3 is 1. The summed E-state index contributed by atoms with van der Waals surface area (Å²) in [6.07, 6.45) is 0.332. The maximum Gasteiger partial charge on any atom is 0.326 e. The van der Waals surface area contributed by atoms with Crippen LogP contribution in [0.5, 0.6) is 5.75 Å². The number of carboxylic acids is 1. The van der Waals surface area contributed by atoms with Gasteiger partial charge in [-0.15, -0.1) is 5.10 Å². The minimum atomic E-state index is -1.07. The van der Waals surface area contributed by atoms with Crippen LogP contribution in [0.1, 0.15) is 36.5 Å². The van der Waals surface area contributed by atoms with Crippen LogP contribution in [-0.4, -0.2) is 58.3 Å². The number of rotatable bonds is 10. The van der Waals surface area contributed by atoms with Crippen LogP contribution < -0.4 is 10.1 Å². The summed E-state index contributed by atoms with van der Waals surface area (Å²) in [5.74, 6) is -0.823. The summed E-state index contributed by atoms with van der Waals surface area (Å²) in [5.41, 5.74) is 1.15. The van der Waals surface area contributed by atoms with Crippen LogP contribution in [0.15, 0.2) is 24.3 Å². The summed E-state index contributed by atoms with van der Waals surface area (Å²) in [5, 5.41) is 20.3. The van der Waals surface area contributed by atoms with Gasteiger partial charge in [-0.3, -0.25) is 4.79 Å². The van der Waals surface area contributed by atoms with E-state index in [9.17, 15) is 14.7 Å². The highest BCUT2D eigenvalue weighted by Crippen LogP contribution is 2.15. The second kappa shape index (κ2) is 9.84. The molecule has 2 rings (SSSR count). The number of ether oxygens (including phenoxy) is 2. The molecule has 1 aromatic heterocycles. The maximum absolute atomic E-state index is 12.5. The Labute approximate surface area is 163 Å². The molecule has 0 fully saturated rings. The highest BCUT2D eigenvalue weighted by molar-refractivity contribution is 5.95. The molecule has 0 aliphatic heterocycles. The van der Waals surface area contributed by atoms with Crippen LogP contribution in [0.2, 0.25) is 0 Å². The number of aryl methyl sites for hydroxylation is 1. The lowest BCUT2D eigenvalue weighted by Gasteiger charge is -2.15. The molecule has 0 saturated heterocycles. The first-order valence-electron chi connectivity index (χ1n) is 9.01. The molecule has 0 aliphatic carbocycles. The number of nitrogens with one attached hydrogen (secondary N) is 1. The van der Waals surface area contributed by atoms with Crippen molar-refractivity contribution in [3.05, 3.63) is 35.7 Å². The number of hydrogen-bond acceptors (Lipinski definition) is 6. The molecule has 0 spiro atoms. The van der Waals surface area contributed by atoms with Crippen LogP contribution >= 0.6 is 0 Å². The van der Waals surface area contributed by atoms with E-state index in [4.69, 9.17) is 9.47 Å². The fraction of sp³-hybridized carbons (Fsp3) is 0.474. The van der Waals surface area contributed by atoms with Crippen molar-refractivity contribution in [2.24, 2.45) is 5.92 Å². The van der Waals surface area contributed by atoms with Gasteiger partial charge in [0, 0.05) is 7.11 Å². The van der Waals surface area contributed by atoms with Crippen LogP contribution in [-0.2, 0) is 9.53 Å². The van der Waals surface area contributed by atoms with Gasteiger partial charge in [0.2, 0.25) is 0 Å². The minimum absolute atomic E-state index is 0.0930. The van der Waals surface area contributed by atoms with Crippen molar-refractivity contribution in [3.8, 4) is 11.4 Å². The van der Waals surface area contributed by atoms with Crippen molar-refractivity contribution in [2.75, 3.05) is 20.3 Å². The van der Waals surface area contributed by atoms with Gasteiger partial charge in [-0.2, -0.15) is 9.90 Å². The largest absolute Gasteiger partial charge is 0.491 e.